The van der Waals surface area contributed by atoms with Crippen LogP contribution >= 0.6 is 11.3 Å². The lowest BCUT2D eigenvalue weighted by Crippen LogP contribution is -2.25. The maximum atomic E-state index is 11.2. The summed E-state index contributed by atoms with van der Waals surface area (Å²) in [6.45, 7) is 5.43. The van der Waals surface area contributed by atoms with E-state index >= 15 is 0 Å². The minimum atomic E-state index is -0.406. The van der Waals surface area contributed by atoms with Gasteiger partial charge in [-0.15, -0.1) is 0 Å². The summed E-state index contributed by atoms with van der Waals surface area (Å²) in [5.74, 6) is 0.316. The molecule has 0 aliphatic carbocycles. The second-order valence-electron chi connectivity index (χ2n) is 5.36. The second kappa shape index (κ2) is 5.76. The summed E-state index contributed by atoms with van der Waals surface area (Å²) in [6, 6.07) is 0. The second-order valence-corrected chi connectivity index (χ2v) is 6.23. The van der Waals surface area contributed by atoms with E-state index in [-0.39, 0.29) is 11.2 Å². The summed E-state index contributed by atoms with van der Waals surface area (Å²) in [6.07, 6.45) is 2.53. The molecule has 20 heavy (non-hydrogen) atoms. The van der Waals surface area contributed by atoms with E-state index < -0.39 is 4.92 Å². The molecule has 0 aliphatic heterocycles. The zero-order valence-corrected chi connectivity index (χ0v) is 12.6. The third-order valence-corrected chi connectivity index (χ3v) is 3.88. The molecule has 0 amide bonds. The predicted molar refractivity (Wildman–Crippen MR) is 78.5 cm³/mol. The molecule has 110 valence electrons. The van der Waals surface area contributed by atoms with E-state index in [0.29, 0.717) is 23.9 Å². The Morgan fingerprint density at radius 1 is 1.60 bits per heavy atom. The molecule has 2 aromatic heterocycles. The normalized spacial score (nSPS) is 11.9. The molecule has 2 aromatic rings. The monoisotopic (exact) mass is 298 g/mol. The van der Waals surface area contributed by atoms with Crippen LogP contribution < -0.4 is 5.32 Å². The molecule has 1 N–H and O–H groups in total. The molecular formula is C12H18N4O3S. The number of methoxy groups -OCH3 is 1. The van der Waals surface area contributed by atoms with Crippen molar-refractivity contribution >= 4 is 27.9 Å². The molecule has 8 heteroatoms. The maximum absolute atomic E-state index is 11.2. The predicted octanol–water partition coefficient (Wildman–Crippen LogP) is 2.78. The largest absolute Gasteiger partial charge is 0.385 e. The van der Waals surface area contributed by atoms with Crippen LogP contribution in [0, 0.1) is 15.5 Å². The fraction of sp³-hybridized carbons (Fsp3) is 0.583. The number of hydrogen-bond donors (Lipinski definition) is 1. The van der Waals surface area contributed by atoms with Crippen LogP contribution in [0.15, 0.2) is 11.6 Å². The van der Waals surface area contributed by atoms with Crippen LogP contribution in [0.25, 0.3) is 4.96 Å². The van der Waals surface area contributed by atoms with Gasteiger partial charge in [-0.3, -0.25) is 0 Å². The Morgan fingerprint density at radius 3 is 3.00 bits per heavy atom. The number of rotatable bonds is 7. The van der Waals surface area contributed by atoms with Gasteiger partial charge < -0.3 is 20.2 Å². The molecule has 0 atom stereocenters. The summed E-state index contributed by atoms with van der Waals surface area (Å²) < 4.78 is 6.57. The molecule has 2 heterocycles. The molecule has 0 saturated heterocycles. The summed E-state index contributed by atoms with van der Waals surface area (Å²) in [7, 11) is 1.66. The number of anilines is 1. The average molecular weight is 298 g/mol. The SMILES string of the molecule is COCCC(C)(C)CNc1nc2sccn2c1[N+](=O)[O-]. The fourth-order valence-corrected chi connectivity index (χ4v) is 2.57. The molecule has 0 aliphatic rings. The zero-order valence-electron chi connectivity index (χ0n) is 11.8. The Hall–Kier alpha value is -1.67. The number of fused-ring (bicyclic) bond motifs is 1. The van der Waals surface area contributed by atoms with E-state index in [4.69, 9.17) is 4.74 Å². The first-order chi connectivity index (χ1) is 9.44. The lowest BCUT2D eigenvalue weighted by Gasteiger charge is -2.24. The Bertz CT molecular complexity index is 605. The minimum absolute atomic E-state index is 0.0104. The molecule has 0 bridgehead atoms. The average Bonchev–Trinajstić information content (AvgIpc) is 2.93. The van der Waals surface area contributed by atoms with Crippen molar-refractivity contribution in [2.75, 3.05) is 25.6 Å². The Morgan fingerprint density at radius 2 is 2.35 bits per heavy atom. The van der Waals surface area contributed by atoms with Gasteiger partial charge >= 0.3 is 5.82 Å². The first-order valence-corrected chi connectivity index (χ1v) is 7.15. The van der Waals surface area contributed by atoms with E-state index in [1.807, 2.05) is 0 Å². The highest BCUT2D eigenvalue weighted by Crippen LogP contribution is 2.29. The Kier molecular flexibility index (Phi) is 4.24. The van der Waals surface area contributed by atoms with Crippen LogP contribution in [0.3, 0.4) is 0 Å². The summed E-state index contributed by atoms with van der Waals surface area (Å²) in [5, 5.41) is 16.1. The molecule has 7 nitrogen and oxygen atoms in total. The number of aromatic nitrogens is 2. The maximum Gasteiger partial charge on any atom is 0.372 e. The molecular weight excluding hydrogens is 280 g/mol. The van der Waals surface area contributed by atoms with Gasteiger partial charge in [-0.05, 0) is 16.8 Å². The van der Waals surface area contributed by atoms with Crippen LogP contribution in [0.5, 0.6) is 0 Å². The van der Waals surface area contributed by atoms with Crippen LogP contribution in [-0.4, -0.2) is 34.6 Å². The quantitative estimate of drug-likeness (QED) is 0.628. The molecule has 0 spiro atoms. The van der Waals surface area contributed by atoms with Crippen molar-refractivity contribution in [2.45, 2.75) is 20.3 Å². The van der Waals surface area contributed by atoms with Gasteiger partial charge in [-0.25, -0.2) is 0 Å². The molecule has 0 unspecified atom stereocenters. The van der Waals surface area contributed by atoms with E-state index in [0.717, 1.165) is 6.42 Å². The van der Waals surface area contributed by atoms with Gasteiger partial charge in [0.1, 0.15) is 6.20 Å². The van der Waals surface area contributed by atoms with Crippen molar-refractivity contribution in [3.05, 3.63) is 21.7 Å². The molecule has 0 saturated carbocycles. The molecule has 0 radical (unpaired) electrons. The van der Waals surface area contributed by atoms with Gasteiger partial charge in [0.2, 0.25) is 5.82 Å². The zero-order chi connectivity index (χ0) is 14.8. The first kappa shape index (κ1) is 14.7. The highest BCUT2D eigenvalue weighted by atomic mass is 32.1. The Labute approximate surface area is 120 Å². The highest BCUT2D eigenvalue weighted by Gasteiger charge is 2.25. The van der Waals surface area contributed by atoms with Crippen molar-refractivity contribution in [3.63, 3.8) is 0 Å². The van der Waals surface area contributed by atoms with Gasteiger partial charge in [-0.1, -0.05) is 25.2 Å². The minimum Gasteiger partial charge on any atom is -0.385 e. The number of nitro groups is 1. The number of imidazole rings is 1. The standard InChI is InChI=1S/C12H18N4O3S/c1-12(2,4-6-19-3)8-13-9-10(16(17)18)15-5-7-20-11(15)14-9/h5,7,13H,4,6,8H2,1-3H3. The number of ether oxygens (including phenoxy) is 1. The van der Waals surface area contributed by atoms with Crippen molar-refractivity contribution in [1.29, 1.82) is 0 Å². The fourth-order valence-electron chi connectivity index (χ4n) is 1.86. The van der Waals surface area contributed by atoms with Crippen molar-refractivity contribution in [3.8, 4) is 0 Å². The number of nitrogens with one attached hydrogen (secondary N) is 1. The summed E-state index contributed by atoms with van der Waals surface area (Å²) >= 11 is 1.37. The van der Waals surface area contributed by atoms with Gasteiger partial charge in [0.05, 0.1) is 0 Å². The molecule has 2 rings (SSSR count). The van der Waals surface area contributed by atoms with Gasteiger partial charge in [0.15, 0.2) is 0 Å². The van der Waals surface area contributed by atoms with Crippen LogP contribution in [0.4, 0.5) is 11.6 Å². The van der Waals surface area contributed by atoms with E-state index in [1.54, 1.807) is 18.7 Å². The van der Waals surface area contributed by atoms with E-state index in [9.17, 15) is 10.1 Å². The summed E-state index contributed by atoms with van der Waals surface area (Å²) in [5.41, 5.74) is -0.0269. The number of hydrogen-bond acceptors (Lipinski definition) is 6. The highest BCUT2D eigenvalue weighted by molar-refractivity contribution is 7.15. The lowest BCUT2D eigenvalue weighted by molar-refractivity contribution is -0.389. The third kappa shape index (κ3) is 3.07. The first-order valence-electron chi connectivity index (χ1n) is 6.27. The number of nitrogens with zero attached hydrogens (tertiary/aromatic N) is 3. The molecule has 0 aromatic carbocycles. The smallest absolute Gasteiger partial charge is 0.372 e. The summed E-state index contributed by atoms with van der Waals surface area (Å²) in [4.78, 5) is 15.7. The van der Waals surface area contributed by atoms with Crippen LogP contribution in [0.1, 0.15) is 20.3 Å². The van der Waals surface area contributed by atoms with E-state index in [1.165, 1.54) is 15.7 Å². The van der Waals surface area contributed by atoms with Gasteiger partial charge in [0, 0.05) is 25.6 Å². The van der Waals surface area contributed by atoms with Crippen molar-refractivity contribution < 1.29 is 9.66 Å². The van der Waals surface area contributed by atoms with E-state index in [2.05, 4.69) is 24.1 Å². The van der Waals surface area contributed by atoms with Crippen LogP contribution in [0.2, 0.25) is 0 Å². The topological polar surface area (TPSA) is 81.7 Å². The molecule has 0 fully saturated rings. The lowest BCUT2D eigenvalue weighted by atomic mass is 9.90. The van der Waals surface area contributed by atoms with Gasteiger partial charge in [-0.2, -0.15) is 9.38 Å². The van der Waals surface area contributed by atoms with Gasteiger partial charge in [0.25, 0.3) is 4.96 Å². The number of thiazole rings is 1. The van der Waals surface area contributed by atoms with Crippen molar-refractivity contribution in [1.82, 2.24) is 9.38 Å². The third-order valence-electron chi connectivity index (χ3n) is 3.13. The Balaban J connectivity index is 2.15. The van der Waals surface area contributed by atoms with Crippen LogP contribution in [-0.2, 0) is 4.74 Å². The van der Waals surface area contributed by atoms with Crippen molar-refractivity contribution in [2.24, 2.45) is 5.41 Å².